The molecular weight excluding hydrogens is 416 g/mol. The predicted octanol–water partition coefficient (Wildman–Crippen LogP) is 2.17. The smallest absolute Gasteiger partial charge is 0.337 e. The van der Waals surface area contributed by atoms with Gasteiger partial charge < -0.3 is 24.8 Å². The van der Waals surface area contributed by atoms with Gasteiger partial charge in [0.05, 0.1) is 42.6 Å². The van der Waals surface area contributed by atoms with E-state index in [-0.39, 0.29) is 31.0 Å². The summed E-state index contributed by atoms with van der Waals surface area (Å²) in [5.74, 6) is -0.555. The molecule has 1 heterocycles. The average Bonchev–Trinajstić information content (AvgIpc) is 2.87. The van der Waals surface area contributed by atoms with Crippen LogP contribution in [-0.2, 0) is 14.3 Å². The van der Waals surface area contributed by atoms with Gasteiger partial charge >= 0.3 is 5.97 Å². The van der Waals surface area contributed by atoms with Crippen molar-refractivity contribution in [3.63, 3.8) is 0 Å². The SMILES string of the molecule is CCOc1c(Br)cc(Cl)cc1NC1=C(C(=O)OC)CN(CCO)C1=O. The molecule has 1 aliphatic heterocycles. The molecule has 1 aromatic rings. The van der Waals surface area contributed by atoms with E-state index in [4.69, 9.17) is 26.2 Å². The lowest BCUT2D eigenvalue weighted by molar-refractivity contribution is -0.136. The van der Waals surface area contributed by atoms with Crippen LogP contribution in [0.3, 0.4) is 0 Å². The number of esters is 1. The molecule has 0 radical (unpaired) electrons. The molecule has 0 saturated carbocycles. The van der Waals surface area contributed by atoms with Gasteiger partial charge in [-0.25, -0.2) is 4.79 Å². The number of amides is 1. The van der Waals surface area contributed by atoms with Gasteiger partial charge in [-0.05, 0) is 35.0 Å². The first-order chi connectivity index (χ1) is 11.9. The lowest BCUT2D eigenvalue weighted by atomic mass is 10.2. The number of rotatable bonds is 7. The molecule has 0 atom stereocenters. The van der Waals surface area contributed by atoms with Crippen molar-refractivity contribution in [3.05, 3.63) is 32.9 Å². The van der Waals surface area contributed by atoms with Crippen molar-refractivity contribution in [1.29, 1.82) is 0 Å². The largest absolute Gasteiger partial charge is 0.491 e. The Morgan fingerprint density at radius 2 is 2.20 bits per heavy atom. The third kappa shape index (κ3) is 4.26. The fourth-order valence-electron chi connectivity index (χ4n) is 2.43. The Morgan fingerprint density at radius 3 is 2.80 bits per heavy atom. The highest BCUT2D eigenvalue weighted by molar-refractivity contribution is 9.10. The minimum Gasteiger partial charge on any atom is -0.491 e. The number of ether oxygens (including phenoxy) is 2. The molecule has 0 spiro atoms. The second-order valence-electron chi connectivity index (χ2n) is 5.12. The predicted molar refractivity (Wildman–Crippen MR) is 96.7 cm³/mol. The number of halogens is 2. The van der Waals surface area contributed by atoms with E-state index in [1.807, 2.05) is 6.92 Å². The third-order valence-electron chi connectivity index (χ3n) is 3.51. The number of hydrogen-bond donors (Lipinski definition) is 2. The number of methoxy groups -OCH3 is 1. The number of benzene rings is 1. The number of aliphatic hydroxyl groups is 1. The Hall–Kier alpha value is -1.77. The van der Waals surface area contributed by atoms with Crippen LogP contribution in [0.2, 0.25) is 5.02 Å². The number of nitrogens with zero attached hydrogens (tertiary/aromatic N) is 1. The molecule has 1 amide bonds. The summed E-state index contributed by atoms with van der Waals surface area (Å²) in [6.07, 6.45) is 0. The topological polar surface area (TPSA) is 88.1 Å². The van der Waals surface area contributed by atoms with Gasteiger partial charge in [-0.2, -0.15) is 0 Å². The van der Waals surface area contributed by atoms with Crippen LogP contribution in [-0.4, -0.2) is 55.3 Å². The highest BCUT2D eigenvalue weighted by atomic mass is 79.9. The van der Waals surface area contributed by atoms with Crippen molar-refractivity contribution in [2.75, 3.05) is 38.7 Å². The maximum Gasteiger partial charge on any atom is 0.337 e. The first-order valence-corrected chi connectivity index (χ1v) is 8.70. The van der Waals surface area contributed by atoms with Crippen LogP contribution in [0.25, 0.3) is 0 Å². The Labute approximate surface area is 158 Å². The van der Waals surface area contributed by atoms with E-state index in [1.165, 1.54) is 12.0 Å². The summed E-state index contributed by atoms with van der Waals surface area (Å²) < 4.78 is 11.0. The number of aliphatic hydroxyl groups excluding tert-OH is 1. The van der Waals surface area contributed by atoms with Crippen molar-refractivity contribution >= 4 is 45.1 Å². The maximum absolute atomic E-state index is 12.6. The van der Waals surface area contributed by atoms with E-state index in [2.05, 4.69) is 21.2 Å². The summed E-state index contributed by atoms with van der Waals surface area (Å²) in [5.41, 5.74) is 0.701. The Morgan fingerprint density at radius 1 is 1.48 bits per heavy atom. The first-order valence-electron chi connectivity index (χ1n) is 7.53. The molecule has 0 fully saturated rings. The number of hydrogen-bond acceptors (Lipinski definition) is 6. The minimum atomic E-state index is -0.615. The lowest BCUT2D eigenvalue weighted by Crippen LogP contribution is -2.31. The van der Waals surface area contributed by atoms with Crippen molar-refractivity contribution in [2.24, 2.45) is 0 Å². The van der Waals surface area contributed by atoms with Crippen molar-refractivity contribution in [2.45, 2.75) is 6.92 Å². The van der Waals surface area contributed by atoms with E-state index in [1.54, 1.807) is 12.1 Å². The van der Waals surface area contributed by atoms with E-state index in [0.29, 0.717) is 27.5 Å². The van der Waals surface area contributed by atoms with Crippen LogP contribution >= 0.6 is 27.5 Å². The fraction of sp³-hybridized carbons (Fsp3) is 0.375. The van der Waals surface area contributed by atoms with Gasteiger partial charge in [0.15, 0.2) is 5.75 Å². The van der Waals surface area contributed by atoms with Gasteiger partial charge in [-0.3, -0.25) is 4.79 Å². The summed E-state index contributed by atoms with van der Waals surface area (Å²) in [6.45, 7) is 2.19. The molecular formula is C16H18BrClN2O5. The van der Waals surface area contributed by atoms with Crippen LogP contribution in [0.5, 0.6) is 5.75 Å². The Kier molecular flexibility index (Phi) is 6.69. The van der Waals surface area contributed by atoms with Crippen LogP contribution < -0.4 is 10.1 Å². The number of anilines is 1. The lowest BCUT2D eigenvalue weighted by Gasteiger charge is -2.17. The standard InChI is InChI=1S/C16H18BrClN2O5/c1-3-25-14-11(17)6-9(18)7-12(14)19-13-10(16(23)24-2)8-20(4-5-21)15(13)22/h6-7,19,21H,3-5,8H2,1-2H3. The molecule has 9 heteroatoms. The van der Waals surface area contributed by atoms with Gasteiger partial charge in [-0.1, -0.05) is 11.6 Å². The summed E-state index contributed by atoms with van der Waals surface area (Å²) >= 11 is 9.46. The second kappa shape index (κ2) is 8.55. The van der Waals surface area contributed by atoms with E-state index in [9.17, 15) is 9.59 Å². The number of β-amino-alcohol motifs (C(OH)–C–C–N with tert-alkyl or cyclic N) is 1. The molecule has 7 nitrogen and oxygen atoms in total. The van der Waals surface area contributed by atoms with Gasteiger partial charge in [0.25, 0.3) is 5.91 Å². The third-order valence-corrected chi connectivity index (χ3v) is 4.32. The molecule has 1 aromatic carbocycles. The Bertz CT molecular complexity index is 723. The van der Waals surface area contributed by atoms with Crippen molar-refractivity contribution in [3.8, 4) is 5.75 Å². The minimum absolute atomic E-state index is 0.0557. The molecule has 2 rings (SSSR count). The van der Waals surface area contributed by atoms with Crippen LogP contribution in [0.4, 0.5) is 5.69 Å². The zero-order chi connectivity index (χ0) is 18.6. The first kappa shape index (κ1) is 19.6. The molecule has 0 aliphatic carbocycles. The van der Waals surface area contributed by atoms with Gasteiger partial charge in [0.1, 0.15) is 5.70 Å². The number of nitrogens with one attached hydrogen (secondary N) is 1. The van der Waals surface area contributed by atoms with E-state index >= 15 is 0 Å². The molecule has 136 valence electrons. The molecule has 0 bridgehead atoms. The summed E-state index contributed by atoms with van der Waals surface area (Å²) in [5, 5.41) is 12.5. The average molecular weight is 434 g/mol. The normalized spacial score (nSPS) is 14.1. The van der Waals surface area contributed by atoms with Crippen LogP contribution in [0.1, 0.15) is 6.92 Å². The second-order valence-corrected chi connectivity index (χ2v) is 6.41. The molecule has 0 unspecified atom stereocenters. The van der Waals surface area contributed by atoms with E-state index in [0.717, 1.165) is 0 Å². The van der Waals surface area contributed by atoms with Crippen molar-refractivity contribution in [1.82, 2.24) is 4.90 Å². The number of carbonyl (C=O) groups excluding carboxylic acids is 2. The molecule has 1 aliphatic rings. The molecule has 25 heavy (non-hydrogen) atoms. The zero-order valence-electron chi connectivity index (χ0n) is 13.8. The fourth-order valence-corrected chi connectivity index (χ4v) is 3.35. The quantitative estimate of drug-likeness (QED) is 0.641. The highest BCUT2D eigenvalue weighted by Crippen LogP contribution is 2.38. The number of carbonyl (C=O) groups is 2. The summed E-state index contributed by atoms with van der Waals surface area (Å²) in [7, 11) is 1.24. The van der Waals surface area contributed by atoms with Crippen LogP contribution in [0, 0.1) is 0 Å². The molecule has 2 N–H and O–H groups in total. The van der Waals surface area contributed by atoms with Gasteiger partial charge in [0.2, 0.25) is 0 Å². The van der Waals surface area contributed by atoms with E-state index < -0.39 is 11.9 Å². The Balaban J connectivity index is 2.45. The molecule has 0 aromatic heterocycles. The molecule has 0 saturated heterocycles. The van der Waals surface area contributed by atoms with Gasteiger partial charge in [0, 0.05) is 11.6 Å². The highest BCUT2D eigenvalue weighted by Gasteiger charge is 2.35. The maximum atomic E-state index is 12.6. The summed E-state index contributed by atoms with van der Waals surface area (Å²) in [4.78, 5) is 26.0. The zero-order valence-corrected chi connectivity index (χ0v) is 16.1. The van der Waals surface area contributed by atoms with Gasteiger partial charge in [-0.15, -0.1) is 0 Å². The monoisotopic (exact) mass is 432 g/mol. The summed E-state index contributed by atoms with van der Waals surface area (Å²) in [6, 6.07) is 3.27. The van der Waals surface area contributed by atoms with Crippen molar-refractivity contribution < 1.29 is 24.2 Å². The van der Waals surface area contributed by atoms with Crippen LogP contribution in [0.15, 0.2) is 27.9 Å².